The highest BCUT2D eigenvalue weighted by Crippen LogP contribution is 2.31. The van der Waals surface area contributed by atoms with Crippen LogP contribution in [-0.2, 0) is 14.4 Å². The fourth-order valence-electron chi connectivity index (χ4n) is 3.95. The van der Waals surface area contributed by atoms with Gasteiger partial charge in [0.15, 0.2) is 0 Å². The van der Waals surface area contributed by atoms with Crippen LogP contribution in [0.5, 0.6) is 0 Å². The molecule has 1 atom stereocenters. The molecule has 5 amide bonds. The van der Waals surface area contributed by atoms with Crippen molar-refractivity contribution < 1.29 is 24.0 Å². The number of alkyl halides is 1. The number of halogens is 1. The second kappa shape index (κ2) is 7.58. The number of anilines is 1. The molecule has 0 bridgehead atoms. The number of nitrogens with zero attached hydrogens (tertiary/aromatic N) is 3. The predicted octanol–water partition coefficient (Wildman–Crippen LogP) is 0.131. The number of piperazine rings is 1. The third-order valence-corrected chi connectivity index (χ3v) is 6.01. The second-order valence-electron chi connectivity index (χ2n) is 7.18. The van der Waals surface area contributed by atoms with Crippen LogP contribution in [0, 0.1) is 0 Å². The molecule has 29 heavy (non-hydrogen) atoms. The molecule has 1 unspecified atom stereocenters. The van der Waals surface area contributed by atoms with Crippen LogP contribution in [0.15, 0.2) is 18.2 Å². The number of fused-ring (bicyclic) bond motifs is 1. The summed E-state index contributed by atoms with van der Waals surface area (Å²) in [5.74, 6) is -2.02. The van der Waals surface area contributed by atoms with Gasteiger partial charge in [0.2, 0.25) is 17.7 Å². The minimum Gasteiger partial charge on any atom is -0.368 e. The van der Waals surface area contributed by atoms with Gasteiger partial charge in [-0.05, 0) is 24.6 Å². The van der Waals surface area contributed by atoms with Crippen LogP contribution in [0.25, 0.3) is 0 Å². The zero-order chi connectivity index (χ0) is 20.7. The van der Waals surface area contributed by atoms with Crippen molar-refractivity contribution in [2.24, 2.45) is 0 Å². The first-order valence-electron chi connectivity index (χ1n) is 9.35. The number of imide groups is 2. The Morgan fingerprint density at radius 2 is 1.72 bits per heavy atom. The minimum atomic E-state index is -0.970. The van der Waals surface area contributed by atoms with Crippen LogP contribution in [0.2, 0.25) is 0 Å². The molecule has 152 valence electrons. The van der Waals surface area contributed by atoms with Gasteiger partial charge in [-0.15, -0.1) is 0 Å². The number of piperidine rings is 1. The van der Waals surface area contributed by atoms with Gasteiger partial charge in [0.25, 0.3) is 11.8 Å². The monoisotopic (exact) mass is 462 g/mol. The van der Waals surface area contributed by atoms with E-state index in [0.29, 0.717) is 31.5 Å². The molecule has 2 saturated heterocycles. The molecular formula is C19H19BrN4O5. The summed E-state index contributed by atoms with van der Waals surface area (Å²) in [6.45, 7) is 2.40. The smallest absolute Gasteiger partial charge is 0.262 e. The van der Waals surface area contributed by atoms with Crippen LogP contribution in [0.1, 0.15) is 33.6 Å². The van der Waals surface area contributed by atoms with Gasteiger partial charge in [0.1, 0.15) is 6.04 Å². The van der Waals surface area contributed by atoms with Crippen molar-refractivity contribution in [2.45, 2.75) is 18.9 Å². The molecule has 10 heteroatoms. The highest BCUT2D eigenvalue weighted by Gasteiger charge is 2.44. The van der Waals surface area contributed by atoms with E-state index in [0.717, 1.165) is 10.6 Å². The number of carbonyl (C=O) groups is 5. The van der Waals surface area contributed by atoms with Crippen molar-refractivity contribution in [3.63, 3.8) is 0 Å². The molecule has 2 fully saturated rings. The van der Waals surface area contributed by atoms with E-state index in [4.69, 9.17) is 0 Å². The summed E-state index contributed by atoms with van der Waals surface area (Å²) in [6.07, 6.45) is 0.221. The molecule has 0 spiro atoms. The Kier molecular flexibility index (Phi) is 5.12. The number of hydrogen-bond donors (Lipinski definition) is 1. The first-order valence-corrected chi connectivity index (χ1v) is 10.5. The third-order valence-electron chi connectivity index (χ3n) is 5.54. The molecule has 9 nitrogen and oxygen atoms in total. The van der Waals surface area contributed by atoms with E-state index < -0.39 is 29.7 Å². The molecule has 4 rings (SSSR count). The minimum absolute atomic E-state index is 0.0410. The number of nitrogens with one attached hydrogen (secondary N) is 1. The van der Waals surface area contributed by atoms with E-state index in [9.17, 15) is 24.0 Å². The van der Waals surface area contributed by atoms with Crippen LogP contribution in [-0.4, -0.2) is 76.9 Å². The number of carbonyl (C=O) groups excluding carboxylic acids is 5. The third kappa shape index (κ3) is 3.41. The van der Waals surface area contributed by atoms with Gasteiger partial charge in [-0.2, -0.15) is 0 Å². The first-order chi connectivity index (χ1) is 13.9. The van der Waals surface area contributed by atoms with Crippen LogP contribution in [0.4, 0.5) is 5.69 Å². The van der Waals surface area contributed by atoms with Crippen molar-refractivity contribution >= 4 is 51.2 Å². The Balaban J connectivity index is 1.53. The lowest BCUT2D eigenvalue weighted by Crippen LogP contribution is -2.54. The fourth-order valence-corrected chi connectivity index (χ4v) is 4.31. The van der Waals surface area contributed by atoms with Gasteiger partial charge in [-0.1, -0.05) is 15.9 Å². The van der Waals surface area contributed by atoms with E-state index in [2.05, 4.69) is 26.1 Å². The Morgan fingerprint density at radius 3 is 2.38 bits per heavy atom. The predicted molar refractivity (Wildman–Crippen MR) is 106 cm³/mol. The van der Waals surface area contributed by atoms with E-state index in [1.165, 1.54) is 0 Å². The van der Waals surface area contributed by atoms with Crippen LogP contribution >= 0.6 is 15.9 Å². The lowest BCUT2D eigenvalue weighted by atomic mass is 10.0. The maximum Gasteiger partial charge on any atom is 0.262 e. The van der Waals surface area contributed by atoms with Gasteiger partial charge in [-0.3, -0.25) is 34.2 Å². The average molecular weight is 463 g/mol. The largest absolute Gasteiger partial charge is 0.368 e. The number of rotatable bonds is 3. The summed E-state index contributed by atoms with van der Waals surface area (Å²) >= 11 is 3.18. The van der Waals surface area contributed by atoms with E-state index >= 15 is 0 Å². The van der Waals surface area contributed by atoms with E-state index in [1.54, 1.807) is 23.1 Å². The normalized spacial score (nSPS) is 22.1. The Labute approximate surface area is 175 Å². The molecule has 1 aromatic carbocycles. The van der Waals surface area contributed by atoms with Gasteiger partial charge in [0.05, 0.1) is 16.5 Å². The summed E-state index contributed by atoms with van der Waals surface area (Å²) in [4.78, 5) is 65.8. The van der Waals surface area contributed by atoms with Gasteiger partial charge in [0, 0.05) is 38.3 Å². The standard InChI is InChI=1S/C19H19BrN4O5/c20-10-16(26)23-7-5-22(6-8-23)11-1-2-12-13(9-11)19(29)24(18(12)28)14-3-4-15(25)21-17(14)27/h1-2,9,14H,3-8,10H2,(H,21,25,27). The molecule has 0 saturated carbocycles. The molecule has 3 heterocycles. The SMILES string of the molecule is O=C1CCC(N2C(=O)c3ccc(N4CCN(C(=O)CBr)CC4)cc3C2=O)C(=O)N1. The van der Waals surface area contributed by atoms with Crippen LogP contribution < -0.4 is 10.2 Å². The lowest BCUT2D eigenvalue weighted by Gasteiger charge is -2.36. The Morgan fingerprint density at radius 1 is 1.03 bits per heavy atom. The molecule has 0 aromatic heterocycles. The lowest BCUT2D eigenvalue weighted by molar-refractivity contribution is -0.136. The highest BCUT2D eigenvalue weighted by atomic mass is 79.9. The van der Waals surface area contributed by atoms with Crippen molar-refractivity contribution in [2.75, 3.05) is 36.4 Å². The summed E-state index contributed by atoms with van der Waals surface area (Å²) in [5.41, 5.74) is 1.31. The fraction of sp³-hybridized carbons (Fsp3) is 0.421. The summed E-state index contributed by atoms with van der Waals surface area (Å²) < 4.78 is 0. The van der Waals surface area contributed by atoms with Gasteiger partial charge in [-0.25, -0.2) is 0 Å². The summed E-state index contributed by atoms with van der Waals surface area (Å²) in [6, 6.07) is 4.08. The van der Waals surface area contributed by atoms with E-state index in [-0.39, 0.29) is 29.9 Å². The second-order valence-corrected chi connectivity index (χ2v) is 7.74. The molecule has 3 aliphatic heterocycles. The zero-order valence-electron chi connectivity index (χ0n) is 15.5. The molecule has 1 aromatic rings. The molecular weight excluding hydrogens is 444 g/mol. The highest BCUT2D eigenvalue weighted by molar-refractivity contribution is 9.09. The number of benzene rings is 1. The topological polar surface area (TPSA) is 107 Å². The molecule has 3 aliphatic rings. The summed E-state index contributed by atoms with van der Waals surface area (Å²) in [5, 5.41) is 2.48. The van der Waals surface area contributed by atoms with E-state index in [1.807, 2.05) is 0 Å². The first kappa shape index (κ1) is 19.6. The number of hydrogen-bond acceptors (Lipinski definition) is 6. The quantitative estimate of drug-likeness (QED) is 0.505. The van der Waals surface area contributed by atoms with Crippen molar-refractivity contribution in [3.8, 4) is 0 Å². The molecule has 0 aliphatic carbocycles. The maximum atomic E-state index is 12.9. The van der Waals surface area contributed by atoms with Gasteiger partial charge < -0.3 is 9.80 Å². The Bertz CT molecular complexity index is 925. The number of amides is 5. The van der Waals surface area contributed by atoms with Crippen molar-refractivity contribution in [1.82, 2.24) is 15.1 Å². The van der Waals surface area contributed by atoms with Crippen molar-refractivity contribution in [1.29, 1.82) is 0 Å². The zero-order valence-corrected chi connectivity index (χ0v) is 17.1. The van der Waals surface area contributed by atoms with Gasteiger partial charge >= 0.3 is 0 Å². The molecule has 1 N–H and O–H groups in total. The summed E-state index contributed by atoms with van der Waals surface area (Å²) in [7, 11) is 0. The Hall–Kier alpha value is -2.75. The molecule has 0 radical (unpaired) electrons. The average Bonchev–Trinajstić information content (AvgIpc) is 2.98. The maximum absolute atomic E-state index is 12.9. The van der Waals surface area contributed by atoms with Crippen LogP contribution in [0.3, 0.4) is 0 Å². The van der Waals surface area contributed by atoms with Crippen molar-refractivity contribution in [3.05, 3.63) is 29.3 Å².